The van der Waals surface area contributed by atoms with Crippen LogP contribution in [0.4, 0.5) is 0 Å². The molecule has 2 aromatic rings. The molecule has 0 fully saturated rings. The van der Waals surface area contributed by atoms with Crippen molar-refractivity contribution in [1.29, 1.82) is 0 Å². The van der Waals surface area contributed by atoms with Gasteiger partial charge >= 0.3 is 5.97 Å². The van der Waals surface area contributed by atoms with Crippen LogP contribution in [-0.2, 0) is 4.74 Å². The predicted molar refractivity (Wildman–Crippen MR) is 92.4 cm³/mol. The minimum absolute atomic E-state index is 0.308. The van der Waals surface area contributed by atoms with Gasteiger partial charge in [-0.1, -0.05) is 12.1 Å². The quantitative estimate of drug-likeness (QED) is 0.435. The maximum atomic E-state index is 12.4. The summed E-state index contributed by atoms with van der Waals surface area (Å²) in [4.78, 5) is 25.4. The van der Waals surface area contributed by atoms with Crippen LogP contribution in [0.2, 0.25) is 0 Å². The molecule has 0 saturated carbocycles. The van der Waals surface area contributed by atoms with E-state index in [9.17, 15) is 9.59 Å². The van der Waals surface area contributed by atoms with Crippen molar-refractivity contribution in [2.75, 3.05) is 27.1 Å². The molecule has 0 saturated heterocycles. The fourth-order valence-electron chi connectivity index (χ4n) is 2.13. The topological polar surface area (TPSA) is 61.8 Å². The summed E-state index contributed by atoms with van der Waals surface area (Å²) >= 11 is 1.44. The van der Waals surface area contributed by atoms with Crippen LogP contribution in [0, 0.1) is 0 Å². The van der Waals surface area contributed by atoms with Crippen molar-refractivity contribution in [3.63, 3.8) is 0 Å². The average molecular weight is 346 g/mol. The number of rotatable bonds is 7. The molecule has 0 spiro atoms. The van der Waals surface area contributed by atoms with E-state index in [4.69, 9.17) is 14.2 Å². The van der Waals surface area contributed by atoms with Crippen LogP contribution in [0.1, 0.15) is 20.7 Å². The summed E-state index contributed by atoms with van der Waals surface area (Å²) in [5, 5.41) is 0. The van der Waals surface area contributed by atoms with Gasteiger partial charge in [0.15, 0.2) is 6.61 Å². The number of benzene rings is 2. The van der Waals surface area contributed by atoms with E-state index < -0.39 is 5.97 Å². The summed E-state index contributed by atoms with van der Waals surface area (Å²) in [6, 6.07) is 12.0. The molecule has 0 N–H and O–H groups in total. The molecule has 0 atom stereocenters. The van der Waals surface area contributed by atoms with Gasteiger partial charge in [-0.3, -0.25) is 4.79 Å². The van der Waals surface area contributed by atoms with Crippen LogP contribution in [-0.4, -0.2) is 38.8 Å². The van der Waals surface area contributed by atoms with Crippen molar-refractivity contribution in [2.45, 2.75) is 4.90 Å². The molecule has 0 bridgehead atoms. The molecular weight excluding hydrogens is 328 g/mol. The van der Waals surface area contributed by atoms with Gasteiger partial charge in [0.25, 0.3) is 0 Å². The number of thioether (sulfide) groups is 1. The molecule has 0 heterocycles. The summed E-state index contributed by atoms with van der Waals surface area (Å²) in [7, 11) is 2.98. The molecule has 0 amide bonds. The lowest BCUT2D eigenvalue weighted by Crippen LogP contribution is -2.15. The van der Waals surface area contributed by atoms with Crippen molar-refractivity contribution in [2.24, 2.45) is 0 Å². The van der Waals surface area contributed by atoms with Crippen molar-refractivity contribution >= 4 is 23.5 Å². The van der Waals surface area contributed by atoms with E-state index in [1.54, 1.807) is 30.3 Å². The van der Waals surface area contributed by atoms with Crippen LogP contribution >= 0.6 is 11.8 Å². The Morgan fingerprint density at radius 1 is 1.00 bits per heavy atom. The monoisotopic (exact) mass is 346 g/mol. The molecule has 2 rings (SSSR count). The first-order valence-electron chi connectivity index (χ1n) is 7.16. The number of carbonyl (C=O) groups is 2. The molecule has 24 heavy (non-hydrogen) atoms. The minimum atomic E-state index is -0.532. The molecule has 2 aromatic carbocycles. The normalized spacial score (nSPS) is 10.1. The Balaban J connectivity index is 2.12. The maximum Gasteiger partial charge on any atom is 0.339 e. The fourth-order valence-corrected chi connectivity index (χ4v) is 2.72. The second kappa shape index (κ2) is 8.40. The van der Waals surface area contributed by atoms with E-state index in [2.05, 4.69) is 0 Å². The second-order valence-electron chi connectivity index (χ2n) is 4.77. The molecule has 0 aliphatic carbocycles. The first-order valence-corrected chi connectivity index (χ1v) is 8.38. The van der Waals surface area contributed by atoms with Gasteiger partial charge in [0.1, 0.15) is 11.5 Å². The van der Waals surface area contributed by atoms with Gasteiger partial charge in [0.2, 0.25) is 5.78 Å². The zero-order valence-corrected chi connectivity index (χ0v) is 14.5. The largest absolute Gasteiger partial charge is 0.497 e. The van der Waals surface area contributed by atoms with Crippen LogP contribution in [0.3, 0.4) is 0 Å². The number of hydrogen-bond acceptors (Lipinski definition) is 6. The lowest BCUT2D eigenvalue weighted by atomic mass is 10.1. The van der Waals surface area contributed by atoms with E-state index in [0.717, 1.165) is 4.90 Å². The smallest absolute Gasteiger partial charge is 0.339 e. The Kier molecular flexibility index (Phi) is 6.26. The van der Waals surface area contributed by atoms with Crippen molar-refractivity contribution in [3.05, 3.63) is 53.6 Å². The molecule has 0 unspecified atom stereocenters. The zero-order valence-electron chi connectivity index (χ0n) is 13.7. The van der Waals surface area contributed by atoms with Crippen molar-refractivity contribution in [1.82, 2.24) is 0 Å². The number of carbonyl (C=O) groups excluding carboxylic acids is 2. The highest BCUT2D eigenvalue weighted by molar-refractivity contribution is 7.98. The van der Waals surface area contributed by atoms with Crippen LogP contribution in [0.5, 0.6) is 11.5 Å². The van der Waals surface area contributed by atoms with Crippen LogP contribution < -0.4 is 9.47 Å². The fraction of sp³-hybridized carbons (Fsp3) is 0.222. The number of hydrogen-bond donors (Lipinski definition) is 0. The highest BCUT2D eigenvalue weighted by atomic mass is 32.2. The van der Waals surface area contributed by atoms with E-state index in [1.165, 1.54) is 26.0 Å². The molecule has 0 aromatic heterocycles. The van der Waals surface area contributed by atoms with Crippen molar-refractivity contribution < 1.29 is 23.8 Å². The Bertz CT molecular complexity index is 742. The number of methoxy groups -OCH3 is 2. The van der Waals surface area contributed by atoms with Crippen LogP contribution in [0.15, 0.2) is 47.4 Å². The van der Waals surface area contributed by atoms with E-state index in [-0.39, 0.29) is 12.4 Å². The number of ether oxygens (including phenoxy) is 3. The SMILES string of the molecule is COc1ccc(OC)c(C(=O)COC(=O)c2ccccc2SC)c1. The average Bonchev–Trinajstić information content (AvgIpc) is 2.65. The van der Waals surface area contributed by atoms with Gasteiger partial charge in [-0.25, -0.2) is 4.79 Å². The number of Topliss-reactive ketones (excluding diaryl/α,β-unsaturated/α-hetero) is 1. The van der Waals surface area contributed by atoms with Gasteiger partial charge in [-0.15, -0.1) is 11.8 Å². The van der Waals surface area contributed by atoms with Gasteiger partial charge in [-0.05, 0) is 36.6 Å². The predicted octanol–water partition coefficient (Wildman–Crippen LogP) is 3.47. The van der Waals surface area contributed by atoms with E-state index >= 15 is 0 Å². The molecule has 0 radical (unpaired) electrons. The first kappa shape index (κ1) is 17.9. The highest BCUT2D eigenvalue weighted by Gasteiger charge is 2.18. The van der Waals surface area contributed by atoms with E-state index in [1.807, 2.05) is 18.4 Å². The van der Waals surface area contributed by atoms with Gasteiger partial charge in [0.05, 0.1) is 25.3 Å². The molecule has 0 aliphatic heterocycles. The highest BCUT2D eigenvalue weighted by Crippen LogP contribution is 2.25. The Labute approximate surface area is 144 Å². The summed E-state index contributed by atoms with van der Waals surface area (Å²) < 4.78 is 15.4. The summed E-state index contributed by atoms with van der Waals surface area (Å²) in [6.45, 7) is -0.370. The first-order chi connectivity index (χ1) is 11.6. The third-order valence-electron chi connectivity index (χ3n) is 3.37. The molecule has 5 nitrogen and oxygen atoms in total. The molecular formula is C18H18O5S. The Morgan fingerprint density at radius 3 is 2.42 bits per heavy atom. The summed E-state index contributed by atoms with van der Waals surface area (Å²) in [5.41, 5.74) is 0.748. The molecule has 6 heteroatoms. The zero-order chi connectivity index (χ0) is 17.5. The number of esters is 1. The standard InChI is InChI=1S/C18H18O5S/c1-21-12-8-9-16(22-2)14(10-12)15(19)11-23-18(20)13-6-4-5-7-17(13)24-3/h4-10H,11H2,1-3H3. The minimum Gasteiger partial charge on any atom is -0.497 e. The van der Waals surface area contributed by atoms with Crippen molar-refractivity contribution in [3.8, 4) is 11.5 Å². The lowest BCUT2D eigenvalue weighted by molar-refractivity contribution is 0.0470. The van der Waals surface area contributed by atoms with Gasteiger partial charge in [0, 0.05) is 4.90 Å². The number of ketones is 1. The molecule has 126 valence electrons. The maximum absolute atomic E-state index is 12.4. The van der Waals surface area contributed by atoms with Gasteiger partial charge in [-0.2, -0.15) is 0 Å². The Hall–Kier alpha value is -2.47. The van der Waals surface area contributed by atoms with Crippen LogP contribution in [0.25, 0.3) is 0 Å². The summed E-state index contributed by atoms with van der Waals surface area (Å²) in [6.07, 6.45) is 1.87. The summed E-state index contributed by atoms with van der Waals surface area (Å²) in [5.74, 6) is 0.0375. The van der Waals surface area contributed by atoms with E-state index in [0.29, 0.717) is 22.6 Å². The third kappa shape index (κ3) is 4.08. The third-order valence-corrected chi connectivity index (χ3v) is 4.16. The lowest BCUT2D eigenvalue weighted by Gasteiger charge is -2.11. The molecule has 0 aliphatic rings. The Morgan fingerprint density at radius 2 is 1.75 bits per heavy atom. The second-order valence-corrected chi connectivity index (χ2v) is 5.61. The van der Waals surface area contributed by atoms with Gasteiger partial charge < -0.3 is 14.2 Å².